The lowest BCUT2D eigenvalue weighted by Crippen LogP contribution is -2.01. The van der Waals surface area contributed by atoms with Gasteiger partial charge in [-0.3, -0.25) is 0 Å². The number of nitrogens with zero attached hydrogens (tertiary/aromatic N) is 3. The molecule has 0 radical (unpaired) electrons. The Labute approximate surface area is 201 Å². The second kappa shape index (κ2) is 9.76. The van der Waals surface area contributed by atoms with E-state index in [1.807, 2.05) is 48.5 Å². The van der Waals surface area contributed by atoms with Crippen molar-refractivity contribution in [2.75, 3.05) is 24.9 Å². The molecule has 0 aliphatic rings. The largest absolute Gasteiger partial charge is 0.493 e. The lowest BCUT2D eigenvalue weighted by molar-refractivity contribution is 0.355. The van der Waals surface area contributed by atoms with Gasteiger partial charge in [0.25, 0.3) is 0 Å². The summed E-state index contributed by atoms with van der Waals surface area (Å²) in [5.74, 6) is 2.58. The molecule has 2 heterocycles. The van der Waals surface area contributed by atoms with Crippen molar-refractivity contribution in [1.82, 2.24) is 15.0 Å². The molecule has 7 nitrogen and oxygen atoms in total. The van der Waals surface area contributed by atoms with Crippen LogP contribution in [0.1, 0.15) is 5.56 Å². The minimum absolute atomic E-state index is 0.634. The van der Waals surface area contributed by atoms with E-state index >= 15 is 0 Å². The number of hydrogen-bond acceptors (Lipinski definition) is 8. The minimum Gasteiger partial charge on any atom is -0.493 e. The predicted octanol–water partition coefficient (Wildman–Crippen LogP) is 6.13. The van der Waals surface area contributed by atoms with Gasteiger partial charge in [-0.25, -0.2) is 15.0 Å². The highest BCUT2D eigenvalue weighted by molar-refractivity contribution is 7.16. The molecule has 0 fully saturated rings. The Morgan fingerprint density at radius 2 is 1.68 bits per heavy atom. The van der Waals surface area contributed by atoms with Crippen LogP contribution in [0.4, 0.5) is 17.2 Å². The molecule has 0 bridgehead atoms. The van der Waals surface area contributed by atoms with Crippen LogP contribution in [0.3, 0.4) is 0 Å². The summed E-state index contributed by atoms with van der Waals surface area (Å²) in [6, 6.07) is 24.0. The fraction of sp³-hybridized carbons (Fsp3) is 0.115. The lowest BCUT2D eigenvalue weighted by Gasteiger charge is -2.12. The van der Waals surface area contributed by atoms with E-state index < -0.39 is 0 Å². The van der Waals surface area contributed by atoms with E-state index in [1.165, 1.54) is 11.3 Å². The number of ether oxygens (including phenoxy) is 2. The highest BCUT2D eigenvalue weighted by Crippen LogP contribution is 2.33. The number of aromatic nitrogens is 3. The average molecular weight is 470 g/mol. The van der Waals surface area contributed by atoms with Gasteiger partial charge in [-0.05, 0) is 35.9 Å². The summed E-state index contributed by atoms with van der Waals surface area (Å²) in [6.45, 7) is 0.706. The molecule has 2 aromatic heterocycles. The number of thiazole rings is 1. The van der Waals surface area contributed by atoms with Crippen molar-refractivity contribution in [2.45, 2.75) is 6.54 Å². The van der Waals surface area contributed by atoms with Crippen molar-refractivity contribution < 1.29 is 9.47 Å². The molecule has 0 atom stereocenters. The van der Waals surface area contributed by atoms with Gasteiger partial charge in [0.15, 0.2) is 23.1 Å². The van der Waals surface area contributed by atoms with Crippen LogP contribution in [-0.4, -0.2) is 29.2 Å². The Kier molecular flexibility index (Phi) is 6.22. The quantitative estimate of drug-likeness (QED) is 0.283. The van der Waals surface area contributed by atoms with Gasteiger partial charge in [-0.2, -0.15) is 0 Å². The highest BCUT2D eigenvalue weighted by Gasteiger charge is 2.14. The molecule has 3 aromatic carbocycles. The van der Waals surface area contributed by atoms with Crippen molar-refractivity contribution in [3.63, 3.8) is 0 Å². The maximum atomic E-state index is 5.43. The predicted molar refractivity (Wildman–Crippen MR) is 137 cm³/mol. The number of rotatable bonds is 8. The number of hydrogen-bond donors (Lipinski definition) is 2. The average Bonchev–Trinajstić information content (AvgIpc) is 3.37. The Morgan fingerprint density at radius 3 is 2.50 bits per heavy atom. The summed E-state index contributed by atoms with van der Waals surface area (Å²) in [5, 5.41) is 6.82. The first kappa shape index (κ1) is 21.7. The first-order valence-electron chi connectivity index (χ1n) is 10.7. The van der Waals surface area contributed by atoms with Crippen LogP contribution in [0.25, 0.3) is 21.7 Å². The third-order valence-electron chi connectivity index (χ3n) is 5.30. The van der Waals surface area contributed by atoms with Crippen LogP contribution < -0.4 is 20.1 Å². The topological polar surface area (TPSA) is 81.2 Å². The first-order valence-corrected chi connectivity index (χ1v) is 11.6. The van der Waals surface area contributed by atoms with Gasteiger partial charge in [0.1, 0.15) is 10.3 Å². The van der Waals surface area contributed by atoms with Crippen LogP contribution in [0.15, 0.2) is 78.3 Å². The molecule has 0 saturated carbocycles. The van der Waals surface area contributed by atoms with Crippen molar-refractivity contribution in [3.8, 4) is 22.9 Å². The molecule has 170 valence electrons. The van der Waals surface area contributed by atoms with Crippen LogP contribution in [0, 0.1) is 0 Å². The molecule has 34 heavy (non-hydrogen) atoms. The van der Waals surface area contributed by atoms with Crippen LogP contribution in [0.2, 0.25) is 0 Å². The molecule has 2 N–H and O–H groups in total. The number of anilines is 3. The van der Waals surface area contributed by atoms with Gasteiger partial charge in [-0.1, -0.05) is 36.4 Å². The first-order chi connectivity index (χ1) is 16.7. The van der Waals surface area contributed by atoms with Crippen LogP contribution in [-0.2, 0) is 6.54 Å². The van der Waals surface area contributed by atoms with Gasteiger partial charge in [0, 0.05) is 29.5 Å². The molecule has 0 unspecified atom stereocenters. The van der Waals surface area contributed by atoms with Gasteiger partial charge < -0.3 is 20.1 Å². The zero-order valence-electron chi connectivity index (χ0n) is 18.8. The van der Waals surface area contributed by atoms with Crippen molar-refractivity contribution in [1.29, 1.82) is 0 Å². The van der Waals surface area contributed by atoms with Gasteiger partial charge in [-0.15, -0.1) is 11.3 Å². The van der Waals surface area contributed by atoms with Crippen molar-refractivity contribution in [2.24, 2.45) is 0 Å². The molecule has 5 rings (SSSR count). The Hall–Kier alpha value is -4.17. The zero-order valence-corrected chi connectivity index (χ0v) is 19.6. The van der Waals surface area contributed by atoms with Crippen molar-refractivity contribution >= 4 is 38.9 Å². The van der Waals surface area contributed by atoms with Crippen LogP contribution >= 0.6 is 11.3 Å². The second-order valence-corrected chi connectivity index (χ2v) is 8.35. The van der Waals surface area contributed by atoms with E-state index in [1.54, 1.807) is 19.7 Å². The van der Waals surface area contributed by atoms with E-state index in [0.29, 0.717) is 29.7 Å². The number of para-hydroxylation sites is 1. The monoisotopic (exact) mass is 469 g/mol. The molecular formula is C26H23N5O2S. The summed E-state index contributed by atoms with van der Waals surface area (Å²) in [7, 11) is 3.23. The molecule has 5 aromatic rings. The summed E-state index contributed by atoms with van der Waals surface area (Å²) in [6.07, 6.45) is 0. The molecule has 0 aliphatic carbocycles. The number of benzene rings is 3. The Bertz CT molecular complexity index is 1420. The third-order valence-corrected chi connectivity index (χ3v) is 6.02. The molecule has 8 heteroatoms. The fourth-order valence-corrected chi connectivity index (χ4v) is 4.27. The van der Waals surface area contributed by atoms with Crippen molar-refractivity contribution in [3.05, 3.63) is 83.9 Å². The summed E-state index contributed by atoms with van der Waals surface area (Å²) in [4.78, 5) is 14.9. The lowest BCUT2D eigenvalue weighted by atomic mass is 10.1. The molecular weight excluding hydrogens is 446 g/mol. The normalized spacial score (nSPS) is 10.8. The van der Waals surface area contributed by atoms with Gasteiger partial charge >= 0.3 is 0 Å². The number of fused-ring (bicyclic) bond motifs is 1. The Balaban J connectivity index is 1.45. The third kappa shape index (κ3) is 4.62. The van der Waals surface area contributed by atoms with Gasteiger partial charge in [0.2, 0.25) is 0 Å². The fourth-order valence-electron chi connectivity index (χ4n) is 3.61. The standard InChI is InChI=1S/C26H23N5O2S/c1-32-21-12-11-20(14-22(21)33-2)29-25-23-26(34-16-28-23)31-24(30-25)18-8-6-7-17(13-18)15-27-19-9-4-3-5-10-19/h3-14,16,27H,15H2,1-2H3,(H,29,30,31). The maximum absolute atomic E-state index is 5.43. The van der Waals surface area contributed by atoms with E-state index in [0.717, 1.165) is 32.8 Å². The van der Waals surface area contributed by atoms with E-state index in [9.17, 15) is 0 Å². The second-order valence-electron chi connectivity index (χ2n) is 7.52. The summed E-state index contributed by atoms with van der Waals surface area (Å²) in [5.41, 5.74) is 6.49. The highest BCUT2D eigenvalue weighted by atomic mass is 32.1. The SMILES string of the molecule is COc1ccc(Nc2nc(-c3cccc(CNc4ccccc4)c3)nc3scnc23)cc1OC. The molecule has 0 spiro atoms. The van der Waals surface area contributed by atoms with E-state index in [-0.39, 0.29) is 0 Å². The van der Waals surface area contributed by atoms with Gasteiger partial charge in [0.05, 0.1) is 19.7 Å². The summed E-state index contributed by atoms with van der Waals surface area (Å²) < 4.78 is 10.8. The van der Waals surface area contributed by atoms with E-state index in [4.69, 9.17) is 19.4 Å². The smallest absolute Gasteiger partial charge is 0.163 e. The Morgan fingerprint density at radius 1 is 0.824 bits per heavy atom. The zero-order chi connectivity index (χ0) is 23.3. The number of methoxy groups -OCH3 is 2. The summed E-state index contributed by atoms with van der Waals surface area (Å²) >= 11 is 1.49. The minimum atomic E-state index is 0.634. The molecule has 0 aliphatic heterocycles. The van der Waals surface area contributed by atoms with E-state index in [2.05, 4.69) is 39.9 Å². The molecule has 0 amide bonds. The van der Waals surface area contributed by atoms with Crippen LogP contribution in [0.5, 0.6) is 11.5 Å². The maximum Gasteiger partial charge on any atom is 0.163 e. The number of nitrogens with one attached hydrogen (secondary N) is 2. The molecule has 0 saturated heterocycles.